The van der Waals surface area contributed by atoms with Gasteiger partial charge in [0.05, 0.1) is 6.61 Å². The van der Waals surface area contributed by atoms with Gasteiger partial charge in [-0.2, -0.15) is 0 Å². The number of nitrogens with two attached hydrogens (primary N) is 2. The zero-order valence-corrected chi connectivity index (χ0v) is 8.81. The lowest BCUT2D eigenvalue weighted by molar-refractivity contribution is 0.265. The van der Waals surface area contributed by atoms with Crippen LogP contribution in [0, 0.1) is 0 Å². The summed E-state index contributed by atoms with van der Waals surface area (Å²) in [6.45, 7) is 0.357. The summed E-state index contributed by atoms with van der Waals surface area (Å²) in [5.74, 6) is 1.14. The predicted molar refractivity (Wildman–Crippen MR) is 53.6 cm³/mol. The summed E-state index contributed by atoms with van der Waals surface area (Å²) in [4.78, 5) is 0. The summed E-state index contributed by atoms with van der Waals surface area (Å²) >= 11 is 1.34. The summed E-state index contributed by atoms with van der Waals surface area (Å²) in [7, 11) is 0. The Morgan fingerprint density at radius 1 is 1.06 bits per heavy atom. The molecule has 0 spiro atoms. The Hall–Kier alpha value is -1.97. The Balaban J connectivity index is 1.74. The first-order valence-electron chi connectivity index (χ1n) is 4.19. The standard InChI is InChI=1S/C6H8N6O3S/c7-3-5(11-14-9-3)13-1-2-16-6-4(8)10-15-12-6/h1-2H2,(H2,7,9)(H2,8,10). The number of hydrogen-bond donors (Lipinski definition) is 2. The van der Waals surface area contributed by atoms with Gasteiger partial charge >= 0.3 is 0 Å². The lowest BCUT2D eigenvalue weighted by atomic mass is 10.7. The molecule has 0 saturated carbocycles. The van der Waals surface area contributed by atoms with Gasteiger partial charge < -0.3 is 16.2 Å². The molecule has 0 aliphatic carbocycles. The van der Waals surface area contributed by atoms with Gasteiger partial charge in [0, 0.05) is 5.75 Å². The summed E-state index contributed by atoms with van der Waals surface area (Å²) < 4.78 is 14.0. The molecule has 0 radical (unpaired) electrons. The largest absolute Gasteiger partial charge is 0.472 e. The van der Waals surface area contributed by atoms with E-state index in [0.29, 0.717) is 17.4 Å². The average Bonchev–Trinajstić information content (AvgIpc) is 2.84. The Kier molecular flexibility index (Phi) is 3.10. The molecule has 2 heterocycles. The van der Waals surface area contributed by atoms with Crippen molar-refractivity contribution < 1.29 is 14.0 Å². The van der Waals surface area contributed by atoms with Crippen LogP contribution in [0.3, 0.4) is 0 Å². The number of anilines is 2. The first kappa shape index (κ1) is 10.5. The normalized spacial score (nSPS) is 10.5. The zero-order chi connectivity index (χ0) is 11.4. The minimum Gasteiger partial charge on any atom is -0.472 e. The van der Waals surface area contributed by atoms with Gasteiger partial charge in [-0.1, -0.05) is 11.8 Å². The minimum atomic E-state index is 0.118. The number of rotatable bonds is 5. The van der Waals surface area contributed by atoms with E-state index in [9.17, 15) is 0 Å². The molecule has 10 heteroatoms. The van der Waals surface area contributed by atoms with E-state index in [-0.39, 0.29) is 17.5 Å². The van der Waals surface area contributed by atoms with Crippen molar-refractivity contribution in [3.63, 3.8) is 0 Å². The Labute approximate surface area is 93.4 Å². The second-order valence-electron chi connectivity index (χ2n) is 2.61. The van der Waals surface area contributed by atoms with Gasteiger partial charge in [-0.3, -0.25) is 0 Å². The quantitative estimate of drug-likeness (QED) is 0.536. The summed E-state index contributed by atoms with van der Waals surface area (Å²) in [5.41, 5.74) is 10.8. The highest BCUT2D eigenvalue weighted by atomic mass is 32.2. The lowest BCUT2D eigenvalue weighted by Crippen LogP contribution is -2.02. The molecule has 0 saturated heterocycles. The maximum Gasteiger partial charge on any atom is 0.300 e. The molecule has 0 aliphatic rings. The van der Waals surface area contributed by atoms with Crippen molar-refractivity contribution in [3.8, 4) is 5.88 Å². The second kappa shape index (κ2) is 4.70. The van der Waals surface area contributed by atoms with Crippen molar-refractivity contribution in [2.24, 2.45) is 0 Å². The SMILES string of the molecule is Nc1nonc1OCCSc1nonc1N. The van der Waals surface area contributed by atoms with Crippen molar-refractivity contribution in [3.05, 3.63) is 0 Å². The van der Waals surface area contributed by atoms with E-state index in [4.69, 9.17) is 16.2 Å². The van der Waals surface area contributed by atoms with Crippen LogP contribution in [0.2, 0.25) is 0 Å². The molecule has 4 N–H and O–H groups in total. The zero-order valence-electron chi connectivity index (χ0n) is 7.99. The van der Waals surface area contributed by atoms with Gasteiger partial charge in [-0.25, -0.2) is 9.26 Å². The maximum atomic E-state index is 5.46. The highest BCUT2D eigenvalue weighted by molar-refractivity contribution is 7.99. The van der Waals surface area contributed by atoms with E-state index >= 15 is 0 Å². The molecule has 0 unspecified atom stereocenters. The van der Waals surface area contributed by atoms with Crippen LogP contribution in [0.15, 0.2) is 14.3 Å². The molecular formula is C6H8N6O3S. The van der Waals surface area contributed by atoms with E-state index in [1.165, 1.54) is 11.8 Å². The highest BCUT2D eigenvalue weighted by Gasteiger charge is 2.09. The molecule has 2 rings (SSSR count). The average molecular weight is 244 g/mol. The number of aromatic nitrogens is 4. The third kappa shape index (κ3) is 2.34. The molecule has 9 nitrogen and oxygen atoms in total. The van der Waals surface area contributed by atoms with Crippen LogP contribution in [-0.2, 0) is 0 Å². The van der Waals surface area contributed by atoms with Crippen LogP contribution in [0.1, 0.15) is 0 Å². The van der Waals surface area contributed by atoms with Gasteiger partial charge in [-0.15, -0.1) is 0 Å². The molecule has 2 aromatic heterocycles. The molecule has 86 valence electrons. The maximum absolute atomic E-state index is 5.46. The lowest BCUT2D eigenvalue weighted by Gasteiger charge is -1.99. The Bertz CT molecular complexity index is 414. The fraction of sp³-hybridized carbons (Fsp3) is 0.333. The van der Waals surface area contributed by atoms with Gasteiger partial charge in [0.1, 0.15) is 0 Å². The fourth-order valence-corrected chi connectivity index (χ4v) is 1.48. The smallest absolute Gasteiger partial charge is 0.300 e. The van der Waals surface area contributed by atoms with Crippen LogP contribution in [-0.4, -0.2) is 33.0 Å². The van der Waals surface area contributed by atoms with E-state index in [1.807, 2.05) is 0 Å². The summed E-state index contributed by atoms with van der Waals surface area (Å²) in [5, 5.41) is 14.4. The third-order valence-corrected chi connectivity index (χ3v) is 2.45. The van der Waals surface area contributed by atoms with Gasteiger partial charge in [0.2, 0.25) is 11.6 Å². The van der Waals surface area contributed by atoms with Gasteiger partial charge in [-0.05, 0) is 20.6 Å². The van der Waals surface area contributed by atoms with Crippen LogP contribution >= 0.6 is 11.8 Å². The molecule has 0 aliphatic heterocycles. The molecule has 0 atom stereocenters. The van der Waals surface area contributed by atoms with Crippen LogP contribution in [0.5, 0.6) is 5.88 Å². The highest BCUT2D eigenvalue weighted by Crippen LogP contribution is 2.20. The van der Waals surface area contributed by atoms with Crippen molar-refractivity contribution in [1.29, 1.82) is 0 Å². The number of thioether (sulfide) groups is 1. The molecule has 2 aromatic rings. The second-order valence-corrected chi connectivity index (χ2v) is 3.69. The third-order valence-electron chi connectivity index (χ3n) is 1.52. The molecule has 0 aromatic carbocycles. The number of nitrogens with zero attached hydrogens (tertiary/aromatic N) is 4. The van der Waals surface area contributed by atoms with Gasteiger partial charge in [0.15, 0.2) is 5.03 Å². The van der Waals surface area contributed by atoms with Crippen LogP contribution in [0.25, 0.3) is 0 Å². The van der Waals surface area contributed by atoms with Crippen LogP contribution < -0.4 is 16.2 Å². The Morgan fingerprint density at radius 3 is 2.44 bits per heavy atom. The topological polar surface area (TPSA) is 139 Å². The van der Waals surface area contributed by atoms with Crippen molar-refractivity contribution in [2.75, 3.05) is 23.8 Å². The van der Waals surface area contributed by atoms with Crippen molar-refractivity contribution >= 4 is 23.4 Å². The number of hydrogen-bond acceptors (Lipinski definition) is 10. The minimum absolute atomic E-state index is 0.118. The molecule has 16 heavy (non-hydrogen) atoms. The van der Waals surface area contributed by atoms with Crippen molar-refractivity contribution in [1.82, 2.24) is 20.6 Å². The van der Waals surface area contributed by atoms with E-state index in [2.05, 4.69) is 29.9 Å². The summed E-state index contributed by atoms with van der Waals surface area (Å²) in [6.07, 6.45) is 0. The predicted octanol–water partition coefficient (Wildman–Crippen LogP) is -0.212. The molecule has 0 bridgehead atoms. The molecule has 0 amide bonds. The Morgan fingerprint density at radius 2 is 1.81 bits per heavy atom. The van der Waals surface area contributed by atoms with Gasteiger partial charge in [0.25, 0.3) is 5.88 Å². The van der Waals surface area contributed by atoms with Crippen LogP contribution in [0.4, 0.5) is 11.6 Å². The first-order valence-corrected chi connectivity index (χ1v) is 5.17. The summed E-state index contributed by atoms with van der Waals surface area (Å²) in [6, 6.07) is 0. The molecular weight excluding hydrogens is 236 g/mol. The fourth-order valence-electron chi connectivity index (χ4n) is 0.852. The van der Waals surface area contributed by atoms with E-state index in [1.54, 1.807) is 0 Å². The monoisotopic (exact) mass is 244 g/mol. The van der Waals surface area contributed by atoms with Crippen molar-refractivity contribution in [2.45, 2.75) is 5.03 Å². The van der Waals surface area contributed by atoms with E-state index in [0.717, 1.165) is 0 Å². The number of nitrogen functional groups attached to an aromatic ring is 2. The molecule has 0 fully saturated rings. The number of ether oxygens (including phenoxy) is 1. The van der Waals surface area contributed by atoms with E-state index < -0.39 is 0 Å². The first-order chi connectivity index (χ1) is 7.77.